The summed E-state index contributed by atoms with van der Waals surface area (Å²) in [6.07, 6.45) is 1.95. The second kappa shape index (κ2) is 6.72. The van der Waals surface area contributed by atoms with Gasteiger partial charge in [-0.3, -0.25) is 4.79 Å². The van der Waals surface area contributed by atoms with Crippen molar-refractivity contribution in [3.8, 4) is 5.75 Å². The Morgan fingerprint density at radius 2 is 2.00 bits per heavy atom. The largest absolute Gasteiger partial charge is 0.497 e. The van der Waals surface area contributed by atoms with E-state index in [2.05, 4.69) is 5.32 Å². The number of hydrogen-bond donors (Lipinski definition) is 2. The highest BCUT2D eigenvalue weighted by Gasteiger charge is 2.35. The van der Waals surface area contributed by atoms with Crippen molar-refractivity contribution in [2.75, 3.05) is 26.9 Å². The quantitative estimate of drug-likeness (QED) is 0.838. The molecule has 1 amide bonds. The Labute approximate surface area is 119 Å². The lowest BCUT2D eigenvalue weighted by Gasteiger charge is -2.31. The monoisotopic (exact) mass is 278 g/mol. The van der Waals surface area contributed by atoms with Crippen LogP contribution in [0, 0.1) is 0 Å². The molecule has 20 heavy (non-hydrogen) atoms. The molecule has 110 valence electrons. The maximum atomic E-state index is 12.1. The van der Waals surface area contributed by atoms with Gasteiger partial charge in [-0.2, -0.15) is 0 Å². The summed E-state index contributed by atoms with van der Waals surface area (Å²) in [7, 11) is 1.64. The van der Waals surface area contributed by atoms with Gasteiger partial charge in [0.05, 0.1) is 12.6 Å². The van der Waals surface area contributed by atoms with Crippen LogP contribution in [-0.2, 0) is 16.0 Å². The fourth-order valence-corrected chi connectivity index (χ4v) is 2.25. The predicted molar refractivity (Wildman–Crippen MR) is 76.7 cm³/mol. The molecule has 0 atom stereocenters. The van der Waals surface area contributed by atoms with Crippen LogP contribution in [0.5, 0.6) is 5.75 Å². The van der Waals surface area contributed by atoms with Crippen molar-refractivity contribution in [2.24, 2.45) is 5.73 Å². The number of ether oxygens (including phenoxy) is 2. The summed E-state index contributed by atoms with van der Waals surface area (Å²) in [6, 6.07) is 7.83. The molecule has 0 radical (unpaired) electrons. The molecule has 0 saturated carbocycles. The standard InChI is InChI=1S/C15H22N2O3/c1-19-13-4-2-12(3-5-13)6-9-17-14(18)15(16)7-10-20-11-8-15/h2-5H,6-11,16H2,1H3,(H,17,18). The number of methoxy groups -OCH3 is 1. The molecule has 2 rings (SSSR count). The zero-order valence-corrected chi connectivity index (χ0v) is 11.9. The van der Waals surface area contributed by atoms with Gasteiger partial charge in [-0.1, -0.05) is 12.1 Å². The number of benzene rings is 1. The number of hydrogen-bond acceptors (Lipinski definition) is 4. The van der Waals surface area contributed by atoms with Crippen LogP contribution >= 0.6 is 0 Å². The molecule has 1 aliphatic heterocycles. The lowest BCUT2D eigenvalue weighted by molar-refractivity contribution is -0.129. The van der Waals surface area contributed by atoms with Crippen molar-refractivity contribution in [1.29, 1.82) is 0 Å². The van der Waals surface area contributed by atoms with Crippen LogP contribution in [0.3, 0.4) is 0 Å². The number of nitrogens with two attached hydrogens (primary N) is 1. The molecule has 0 aliphatic carbocycles. The Kier molecular flexibility index (Phi) is 4.98. The summed E-state index contributed by atoms with van der Waals surface area (Å²) < 4.78 is 10.3. The van der Waals surface area contributed by atoms with E-state index in [1.54, 1.807) is 7.11 Å². The van der Waals surface area contributed by atoms with Crippen molar-refractivity contribution in [1.82, 2.24) is 5.32 Å². The van der Waals surface area contributed by atoms with Crippen LogP contribution in [0.25, 0.3) is 0 Å². The molecule has 1 aromatic rings. The third-order valence-electron chi connectivity index (χ3n) is 3.70. The van der Waals surface area contributed by atoms with Crippen molar-refractivity contribution < 1.29 is 14.3 Å². The molecular weight excluding hydrogens is 256 g/mol. The zero-order chi connectivity index (χ0) is 14.4. The molecular formula is C15H22N2O3. The molecule has 0 bridgehead atoms. The molecule has 5 nitrogen and oxygen atoms in total. The van der Waals surface area contributed by atoms with Gasteiger partial charge in [0.25, 0.3) is 0 Å². The van der Waals surface area contributed by atoms with Crippen LogP contribution < -0.4 is 15.8 Å². The molecule has 0 spiro atoms. The van der Waals surface area contributed by atoms with Gasteiger partial charge in [0, 0.05) is 19.8 Å². The van der Waals surface area contributed by atoms with Crippen molar-refractivity contribution in [2.45, 2.75) is 24.8 Å². The normalized spacial score (nSPS) is 17.5. The smallest absolute Gasteiger partial charge is 0.240 e. The molecule has 3 N–H and O–H groups in total. The summed E-state index contributed by atoms with van der Waals surface area (Å²) in [5.74, 6) is 0.759. The van der Waals surface area contributed by atoms with E-state index in [0.717, 1.165) is 17.7 Å². The number of amides is 1. The first kappa shape index (κ1) is 14.8. The summed E-state index contributed by atoms with van der Waals surface area (Å²) in [6.45, 7) is 1.70. The molecule has 1 aromatic carbocycles. The van der Waals surface area contributed by atoms with Gasteiger partial charge < -0.3 is 20.5 Å². The third kappa shape index (κ3) is 3.71. The Balaban J connectivity index is 1.78. The van der Waals surface area contributed by atoms with Gasteiger partial charge in [0.15, 0.2) is 0 Å². The Morgan fingerprint density at radius 3 is 2.60 bits per heavy atom. The second-order valence-electron chi connectivity index (χ2n) is 5.12. The SMILES string of the molecule is COc1ccc(CCNC(=O)C2(N)CCOCC2)cc1. The first-order valence-electron chi connectivity index (χ1n) is 6.92. The maximum absolute atomic E-state index is 12.1. The van der Waals surface area contributed by atoms with Crippen LogP contribution in [-0.4, -0.2) is 38.3 Å². The summed E-state index contributed by atoms with van der Waals surface area (Å²) in [5.41, 5.74) is 6.50. The third-order valence-corrected chi connectivity index (χ3v) is 3.70. The number of carbonyl (C=O) groups is 1. The molecule has 1 aliphatic rings. The molecule has 0 aromatic heterocycles. The van der Waals surface area contributed by atoms with Crippen molar-refractivity contribution >= 4 is 5.91 Å². The zero-order valence-electron chi connectivity index (χ0n) is 11.9. The topological polar surface area (TPSA) is 73.6 Å². The van der Waals surface area contributed by atoms with Crippen molar-refractivity contribution in [3.05, 3.63) is 29.8 Å². The van der Waals surface area contributed by atoms with E-state index in [1.807, 2.05) is 24.3 Å². The van der Waals surface area contributed by atoms with E-state index in [1.165, 1.54) is 0 Å². The molecule has 5 heteroatoms. The fourth-order valence-electron chi connectivity index (χ4n) is 2.25. The van der Waals surface area contributed by atoms with Crippen LogP contribution in [0.1, 0.15) is 18.4 Å². The summed E-state index contributed by atoms with van der Waals surface area (Å²) in [5, 5.41) is 2.92. The predicted octanol–water partition coefficient (Wildman–Crippen LogP) is 0.862. The highest BCUT2D eigenvalue weighted by Crippen LogP contribution is 2.17. The molecule has 1 heterocycles. The van der Waals surface area contributed by atoms with Gasteiger partial charge in [0.2, 0.25) is 5.91 Å². The van der Waals surface area contributed by atoms with Gasteiger partial charge in [-0.25, -0.2) is 0 Å². The highest BCUT2D eigenvalue weighted by atomic mass is 16.5. The summed E-state index contributed by atoms with van der Waals surface area (Å²) in [4.78, 5) is 12.1. The minimum Gasteiger partial charge on any atom is -0.497 e. The Bertz CT molecular complexity index is 439. The first-order chi connectivity index (χ1) is 9.64. The van der Waals surface area contributed by atoms with Crippen LogP contribution in [0.4, 0.5) is 0 Å². The molecule has 1 fully saturated rings. The average molecular weight is 278 g/mol. The maximum Gasteiger partial charge on any atom is 0.240 e. The van der Waals surface area contributed by atoms with E-state index >= 15 is 0 Å². The average Bonchev–Trinajstić information content (AvgIpc) is 2.48. The highest BCUT2D eigenvalue weighted by molar-refractivity contribution is 5.86. The minimum atomic E-state index is -0.766. The van der Waals surface area contributed by atoms with Crippen LogP contribution in [0.2, 0.25) is 0 Å². The lowest BCUT2D eigenvalue weighted by Crippen LogP contribution is -2.57. The van der Waals surface area contributed by atoms with E-state index in [0.29, 0.717) is 32.6 Å². The molecule has 1 saturated heterocycles. The first-order valence-corrected chi connectivity index (χ1v) is 6.92. The number of carbonyl (C=O) groups excluding carboxylic acids is 1. The minimum absolute atomic E-state index is 0.0747. The summed E-state index contributed by atoms with van der Waals surface area (Å²) >= 11 is 0. The number of rotatable bonds is 5. The Hall–Kier alpha value is -1.59. The number of nitrogens with one attached hydrogen (secondary N) is 1. The Morgan fingerprint density at radius 1 is 1.35 bits per heavy atom. The van der Waals surface area contributed by atoms with Gasteiger partial charge in [-0.15, -0.1) is 0 Å². The van der Waals surface area contributed by atoms with E-state index < -0.39 is 5.54 Å². The van der Waals surface area contributed by atoms with E-state index in [4.69, 9.17) is 15.2 Å². The fraction of sp³-hybridized carbons (Fsp3) is 0.533. The van der Waals surface area contributed by atoms with Gasteiger partial charge in [0.1, 0.15) is 5.75 Å². The van der Waals surface area contributed by atoms with Gasteiger partial charge >= 0.3 is 0 Å². The van der Waals surface area contributed by atoms with Crippen LogP contribution in [0.15, 0.2) is 24.3 Å². The lowest BCUT2D eigenvalue weighted by atomic mass is 9.90. The van der Waals surface area contributed by atoms with E-state index in [9.17, 15) is 4.79 Å². The molecule has 0 unspecified atom stereocenters. The van der Waals surface area contributed by atoms with Gasteiger partial charge in [-0.05, 0) is 37.0 Å². The van der Waals surface area contributed by atoms with Crippen molar-refractivity contribution in [3.63, 3.8) is 0 Å². The second-order valence-corrected chi connectivity index (χ2v) is 5.12. The van der Waals surface area contributed by atoms with E-state index in [-0.39, 0.29) is 5.91 Å².